The molecule has 2 rings (SSSR count). The Labute approximate surface area is 127 Å². The van der Waals surface area contributed by atoms with E-state index in [-0.39, 0.29) is 6.61 Å². The maximum Gasteiger partial charge on any atom is 0.256 e. The third-order valence-corrected chi connectivity index (χ3v) is 3.01. The fourth-order valence-corrected chi connectivity index (χ4v) is 2.01. The lowest BCUT2D eigenvalue weighted by atomic mass is 10.1. The number of hydrogen-bond donors (Lipinski definition) is 0. The zero-order chi connectivity index (χ0) is 15.9. The van der Waals surface area contributed by atoms with Crippen LogP contribution in [0.5, 0.6) is 5.75 Å². The van der Waals surface area contributed by atoms with E-state index < -0.39 is 18.5 Å². The molecule has 0 amide bonds. The first kappa shape index (κ1) is 15.8. The minimum absolute atomic E-state index is 0.289. The van der Waals surface area contributed by atoms with Gasteiger partial charge in [-0.3, -0.25) is 4.79 Å². The predicted molar refractivity (Wildman–Crippen MR) is 81.1 cm³/mol. The summed E-state index contributed by atoms with van der Waals surface area (Å²) in [4.78, 5) is 11.8. The predicted octanol–water partition coefficient (Wildman–Crippen LogP) is 3.18. The molecular weight excluding hydrogens is 288 g/mol. The van der Waals surface area contributed by atoms with Gasteiger partial charge in [-0.2, -0.15) is 0 Å². The van der Waals surface area contributed by atoms with Crippen molar-refractivity contribution in [1.82, 2.24) is 4.57 Å². The lowest BCUT2D eigenvalue weighted by Crippen LogP contribution is -2.23. The standard InChI is InChI=1S/C17H15F2NO2/c1-2-3-11-22-14-9-7-13(8-10-14)15-5-4-6-17(21)20(15)12-16(18)19/h4-10,16H,11-12H2,1H3. The van der Waals surface area contributed by atoms with Crippen molar-refractivity contribution in [2.75, 3.05) is 6.61 Å². The van der Waals surface area contributed by atoms with Crippen LogP contribution >= 0.6 is 0 Å². The molecule has 0 bridgehead atoms. The molecule has 3 nitrogen and oxygen atoms in total. The molecule has 0 saturated carbocycles. The molecule has 0 unspecified atom stereocenters. The number of alkyl halides is 2. The average molecular weight is 303 g/mol. The lowest BCUT2D eigenvalue weighted by Gasteiger charge is -2.12. The molecule has 0 N–H and O–H groups in total. The van der Waals surface area contributed by atoms with E-state index in [0.717, 1.165) is 4.57 Å². The van der Waals surface area contributed by atoms with Crippen molar-refractivity contribution >= 4 is 0 Å². The first-order valence-electron chi connectivity index (χ1n) is 6.72. The highest BCUT2D eigenvalue weighted by Gasteiger charge is 2.11. The van der Waals surface area contributed by atoms with Gasteiger partial charge in [0.1, 0.15) is 12.4 Å². The molecule has 0 radical (unpaired) electrons. The number of ether oxygens (including phenoxy) is 1. The highest BCUT2D eigenvalue weighted by atomic mass is 19.3. The molecule has 5 heteroatoms. The molecular formula is C17H15F2NO2. The van der Waals surface area contributed by atoms with Crippen LogP contribution in [0.25, 0.3) is 11.3 Å². The molecule has 1 aromatic carbocycles. The minimum atomic E-state index is -2.59. The normalized spacial score (nSPS) is 10.2. The van der Waals surface area contributed by atoms with Crippen molar-refractivity contribution in [3.05, 3.63) is 52.8 Å². The van der Waals surface area contributed by atoms with Crippen LogP contribution in [-0.4, -0.2) is 17.6 Å². The summed E-state index contributed by atoms with van der Waals surface area (Å²) in [7, 11) is 0. The average Bonchev–Trinajstić information content (AvgIpc) is 2.50. The van der Waals surface area contributed by atoms with Crippen molar-refractivity contribution in [1.29, 1.82) is 0 Å². The van der Waals surface area contributed by atoms with Crippen LogP contribution in [-0.2, 0) is 6.54 Å². The van der Waals surface area contributed by atoms with Gasteiger partial charge in [0, 0.05) is 6.07 Å². The summed E-state index contributed by atoms with van der Waals surface area (Å²) >= 11 is 0. The van der Waals surface area contributed by atoms with Gasteiger partial charge in [-0.1, -0.05) is 12.0 Å². The van der Waals surface area contributed by atoms with Crippen LogP contribution in [0.2, 0.25) is 0 Å². The number of halogens is 2. The number of aromatic nitrogens is 1. The summed E-state index contributed by atoms with van der Waals surface area (Å²) < 4.78 is 31.7. The molecule has 0 aliphatic heterocycles. The Balaban J connectivity index is 2.29. The maximum absolute atomic E-state index is 12.6. The third kappa shape index (κ3) is 3.95. The van der Waals surface area contributed by atoms with Crippen LogP contribution in [0.4, 0.5) is 8.78 Å². The Kier molecular flexibility index (Phi) is 5.31. The van der Waals surface area contributed by atoms with Crippen molar-refractivity contribution < 1.29 is 13.5 Å². The Morgan fingerprint density at radius 2 is 1.91 bits per heavy atom. The van der Waals surface area contributed by atoms with Gasteiger partial charge >= 0.3 is 0 Å². The zero-order valence-corrected chi connectivity index (χ0v) is 12.1. The van der Waals surface area contributed by atoms with E-state index in [0.29, 0.717) is 17.0 Å². The fourth-order valence-electron chi connectivity index (χ4n) is 2.01. The van der Waals surface area contributed by atoms with Crippen LogP contribution in [0.3, 0.4) is 0 Å². The van der Waals surface area contributed by atoms with Gasteiger partial charge in [0.05, 0.1) is 12.2 Å². The molecule has 1 heterocycles. The molecule has 0 fully saturated rings. The van der Waals surface area contributed by atoms with E-state index in [1.54, 1.807) is 43.3 Å². The molecule has 114 valence electrons. The molecule has 0 aliphatic rings. The quantitative estimate of drug-likeness (QED) is 0.794. The molecule has 0 aliphatic carbocycles. The van der Waals surface area contributed by atoms with E-state index in [2.05, 4.69) is 11.8 Å². The van der Waals surface area contributed by atoms with Gasteiger partial charge in [-0.25, -0.2) is 8.78 Å². The highest BCUT2D eigenvalue weighted by molar-refractivity contribution is 5.60. The zero-order valence-electron chi connectivity index (χ0n) is 12.1. The molecule has 0 spiro atoms. The second-order valence-corrected chi connectivity index (χ2v) is 4.49. The smallest absolute Gasteiger partial charge is 0.256 e. The van der Waals surface area contributed by atoms with Crippen LogP contribution in [0.1, 0.15) is 6.92 Å². The summed E-state index contributed by atoms with van der Waals surface area (Å²) in [5.74, 6) is 6.13. The minimum Gasteiger partial charge on any atom is -0.481 e. The number of benzene rings is 1. The molecule has 2 aromatic rings. The van der Waals surface area contributed by atoms with Crippen molar-refractivity contribution in [2.45, 2.75) is 19.9 Å². The van der Waals surface area contributed by atoms with E-state index in [4.69, 9.17) is 4.74 Å². The Bertz CT molecular complexity index is 740. The second kappa shape index (κ2) is 7.41. The molecule has 0 atom stereocenters. The van der Waals surface area contributed by atoms with Crippen LogP contribution < -0.4 is 10.3 Å². The van der Waals surface area contributed by atoms with Gasteiger partial charge in [0.2, 0.25) is 0 Å². The highest BCUT2D eigenvalue weighted by Crippen LogP contribution is 2.22. The van der Waals surface area contributed by atoms with Gasteiger partial charge < -0.3 is 9.30 Å². The SMILES string of the molecule is CC#CCOc1ccc(-c2cccc(=O)n2CC(F)F)cc1. The Morgan fingerprint density at radius 3 is 2.55 bits per heavy atom. The topological polar surface area (TPSA) is 31.2 Å². The van der Waals surface area contributed by atoms with Crippen molar-refractivity contribution in [3.8, 4) is 28.8 Å². The summed E-state index contributed by atoms with van der Waals surface area (Å²) in [5.41, 5.74) is 0.677. The Morgan fingerprint density at radius 1 is 1.18 bits per heavy atom. The first-order valence-corrected chi connectivity index (χ1v) is 6.72. The van der Waals surface area contributed by atoms with Gasteiger partial charge in [-0.05, 0) is 42.8 Å². The summed E-state index contributed by atoms with van der Waals surface area (Å²) in [6.45, 7) is 1.39. The number of pyridine rings is 1. The fraction of sp³-hybridized carbons (Fsp3) is 0.235. The summed E-state index contributed by atoms with van der Waals surface area (Å²) in [6, 6.07) is 11.4. The van der Waals surface area contributed by atoms with Crippen molar-refractivity contribution in [2.24, 2.45) is 0 Å². The monoisotopic (exact) mass is 303 g/mol. The Hall–Kier alpha value is -2.61. The van der Waals surface area contributed by atoms with Crippen molar-refractivity contribution in [3.63, 3.8) is 0 Å². The van der Waals surface area contributed by atoms with Gasteiger partial charge in [0.15, 0.2) is 0 Å². The summed E-state index contributed by atoms with van der Waals surface area (Å²) in [5, 5.41) is 0. The van der Waals surface area contributed by atoms with Gasteiger partial charge in [-0.15, -0.1) is 5.92 Å². The lowest BCUT2D eigenvalue weighted by molar-refractivity contribution is 0.126. The number of hydrogen-bond acceptors (Lipinski definition) is 2. The maximum atomic E-state index is 12.6. The number of rotatable bonds is 5. The molecule has 1 aromatic heterocycles. The van der Waals surface area contributed by atoms with E-state index >= 15 is 0 Å². The first-order chi connectivity index (χ1) is 10.6. The van der Waals surface area contributed by atoms with E-state index in [1.807, 2.05) is 0 Å². The largest absolute Gasteiger partial charge is 0.481 e. The van der Waals surface area contributed by atoms with Crippen LogP contribution in [0.15, 0.2) is 47.3 Å². The number of nitrogens with zero attached hydrogens (tertiary/aromatic N) is 1. The van der Waals surface area contributed by atoms with Crippen LogP contribution in [0, 0.1) is 11.8 Å². The van der Waals surface area contributed by atoms with Gasteiger partial charge in [0.25, 0.3) is 12.0 Å². The van der Waals surface area contributed by atoms with E-state index in [9.17, 15) is 13.6 Å². The van der Waals surface area contributed by atoms with E-state index in [1.165, 1.54) is 6.07 Å². The third-order valence-electron chi connectivity index (χ3n) is 3.01. The molecule has 22 heavy (non-hydrogen) atoms. The summed E-state index contributed by atoms with van der Waals surface area (Å²) in [6.07, 6.45) is -2.59. The second-order valence-electron chi connectivity index (χ2n) is 4.49. The molecule has 0 saturated heterocycles.